The van der Waals surface area contributed by atoms with Gasteiger partial charge >= 0.3 is 0 Å². The van der Waals surface area contributed by atoms with Crippen molar-refractivity contribution in [1.29, 1.82) is 0 Å². The second kappa shape index (κ2) is 8.33. The Hall–Kier alpha value is -3.11. The molecule has 1 heterocycles. The summed E-state index contributed by atoms with van der Waals surface area (Å²) in [6.07, 6.45) is 0.854. The number of anilines is 1. The van der Waals surface area contributed by atoms with Gasteiger partial charge in [-0.1, -0.05) is 67.1 Å². The van der Waals surface area contributed by atoms with Crippen molar-refractivity contribution in [3.63, 3.8) is 0 Å². The standard InChI is InChI=1S/C25H24ClN3O/c1-4-18-12-8-9-16(2)23(18)27-25(30)17(3)29-22-14-13-20(26)15-21(22)24(28-29)19-10-6-5-7-11-19/h5-15,17H,4H2,1-3H3,(H,27,30)/t17-/m0/s1. The van der Waals surface area contributed by atoms with Crippen molar-refractivity contribution in [1.82, 2.24) is 9.78 Å². The summed E-state index contributed by atoms with van der Waals surface area (Å²) >= 11 is 6.27. The molecule has 30 heavy (non-hydrogen) atoms. The van der Waals surface area contributed by atoms with E-state index in [1.165, 1.54) is 0 Å². The van der Waals surface area contributed by atoms with Crippen LogP contribution in [0.5, 0.6) is 0 Å². The van der Waals surface area contributed by atoms with E-state index in [2.05, 4.69) is 12.2 Å². The van der Waals surface area contributed by atoms with E-state index < -0.39 is 6.04 Å². The zero-order valence-corrected chi connectivity index (χ0v) is 18.1. The molecule has 0 fully saturated rings. The predicted octanol–water partition coefficient (Wildman–Crippen LogP) is 6.43. The van der Waals surface area contributed by atoms with Crippen molar-refractivity contribution in [2.24, 2.45) is 0 Å². The molecule has 0 spiro atoms. The number of aryl methyl sites for hydroxylation is 2. The number of halogens is 1. The molecule has 152 valence electrons. The Bertz CT molecular complexity index is 1210. The summed E-state index contributed by atoms with van der Waals surface area (Å²) < 4.78 is 1.78. The number of hydrogen-bond acceptors (Lipinski definition) is 2. The Labute approximate surface area is 181 Å². The summed E-state index contributed by atoms with van der Waals surface area (Å²) in [4.78, 5) is 13.2. The van der Waals surface area contributed by atoms with E-state index in [0.29, 0.717) is 5.02 Å². The fourth-order valence-corrected chi connectivity index (χ4v) is 3.93. The normalized spacial score (nSPS) is 12.1. The van der Waals surface area contributed by atoms with Gasteiger partial charge in [-0.3, -0.25) is 9.48 Å². The molecule has 0 unspecified atom stereocenters. The van der Waals surface area contributed by atoms with Gasteiger partial charge in [0.05, 0.1) is 5.52 Å². The lowest BCUT2D eigenvalue weighted by atomic mass is 10.1. The van der Waals surface area contributed by atoms with Crippen molar-refractivity contribution in [3.8, 4) is 11.3 Å². The maximum absolute atomic E-state index is 13.2. The van der Waals surface area contributed by atoms with Crippen LogP contribution in [0.4, 0.5) is 5.69 Å². The first-order valence-corrected chi connectivity index (χ1v) is 10.5. The number of rotatable bonds is 5. The number of carbonyl (C=O) groups is 1. The van der Waals surface area contributed by atoms with Crippen LogP contribution in [0.1, 0.15) is 31.0 Å². The lowest BCUT2D eigenvalue weighted by molar-refractivity contribution is -0.119. The molecule has 4 rings (SSSR count). The molecule has 0 saturated carbocycles. The zero-order chi connectivity index (χ0) is 21.3. The summed E-state index contributed by atoms with van der Waals surface area (Å²) in [5.74, 6) is -0.0991. The number of amides is 1. The van der Waals surface area contributed by atoms with Crippen molar-refractivity contribution in [2.75, 3.05) is 5.32 Å². The molecule has 5 heteroatoms. The average Bonchev–Trinajstić information content (AvgIpc) is 3.13. The number of nitrogens with zero attached hydrogens (tertiary/aromatic N) is 2. The van der Waals surface area contributed by atoms with Gasteiger partial charge in [0.1, 0.15) is 11.7 Å². The summed E-state index contributed by atoms with van der Waals surface area (Å²) in [5, 5.41) is 9.52. The van der Waals surface area contributed by atoms with E-state index >= 15 is 0 Å². The highest BCUT2D eigenvalue weighted by Gasteiger charge is 2.22. The van der Waals surface area contributed by atoms with Gasteiger partial charge in [0.15, 0.2) is 0 Å². The van der Waals surface area contributed by atoms with E-state index in [9.17, 15) is 4.79 Å². The SMILES string of the molecule is CCc1cccc(C)c1NC(=O)[C@H](C)n1nc(-c2ccccc2)c2cc(Cl)ccc21. The summed E-state index contributed by atoms with van der Waals surface area (Å²) in [5.41, 5.74) is 5.75. The van der Waals surface area contributed by atoms with E-state index in [0.717, 1.165) is 45.4 Å². The van der Waals surface area contributed by atoms with Gasteiger partial charge in [-0.15, -0.1) is 0 Å². The van der Waals surface area contributed by atoms with Crippen LogP contribution in [0.2, 0.25) is 5.02 Å². The van der Waals surface area contributed by atoms with E-state index in [-0.39, 0.29) is 5.91 Å². The van der Waals surface area contributed by atoms with E-state index in [1.54, 1.807) is 4.68 Å². The Morgan fingerprint density at radius 1 is 1.10 bits per heavy atom. The van der Waals surface area contributed by atoms with Gasteiger partial charge in [0.25, 0.3) is 0 Å². The first-order valence-electron chi connectivity index (χ1n) is 10.1. The molecule has 4 nitrogen and oxygen atoms in total. The van der Waals surface area contributed by atoms with Crippen molar-refractivity contribution in [2.45, 2.75) is 33.2 Å². The molecule has 4 aromatic rings. The summed E-state index contributed by atoms with van der Waals surface area (Å²) in [6.45, 7) is 5.97. The fraction of sp³-hybridized carbons (Fsp3) is 0.200. The number of aromatic nitrogens is 2. The first-order chi connectivity index (χ1) is 14.5. The van der Waals surface area contributed by atoms with Gasteiger partial charge in [-0.05, 0) is 49.6 Å². The highest BCUT2D eigenvalue weighted by molar-refractivity contribution is 6.31. The maximum atomic E-state index is 13.2. The average molecular weight is 418 g/mol. The highest BCUT2D eigenvalue weighted by atomic mass is 35.5. The van der Waals surface area contributed by atoms with Crippen LogP contribution in [-0.2, 0) is 11.2 Å². The summed E-state index contributed by atoms with van der Waals surface area (Å²) in [7, 11) is 0. The molecule has 0 aliphatic heterocycles. The van der Waals surface area contributed by atoms with Gasteiger partial charge in [-0.2, -0.15) is 5.10 Å². The highest BCUT2D eigenvalue weighted by Crippen LogP contribution is 2.32. The van der Waals surface area contributed by atoms with Crippen LogP contribution >= 0.6 is 11.6 Å². The Balaban J connectivity index is 1.75. The van der Waals surface area contributed by atoms with Crippen LogP contribution in [0, 0.1) is 6.92 Å². The van der Waals surface area contributed by atoms with Crippen LogP contribution in [0.3, 0.4) is 0 Å². The van der Waals surface area contributed by atoms with Crippen molar-refractivity contribution >= 4 is 34.1 Å². The molecule has 0 saturated heterocycles. The molecule has 0 radical (unpaired) electrons. The predicted molar refractivity (Wildman–Crippen MR) is 124 cm³/mol. The zero-order valence-electron chi connectivity index (χ0n) is 17.3. The number of carbonyl (C=O) groups excluding carboxylic acids is 1. The number of hydrogen-bond donors (Lipinski definition) is 1. The monoisotopic (exact) mass is 417 g/mol. The smallest absolute Gasteiger partial charge is 0.248 e. The molecule has 1 N–H and O–H groups in total. The Kier molecular flexibility index (Phi) is 5.60. The minimum Gasteiger partial charge on any atom is -0.324 e. The molecule has 0 aliphatic rings. The quantitative estimate of drug-likeness (QED) is 0.406. The van der Waals surface area contributed by atoms with Gasteiger partial charge in [0, 0.05) is 21.7 Å². The van der Waals surface area contributed by atoms with Crippen LogP contribution in [0.15, 0.2) is 66.7 Å². The molecule has 3 aromatic carbocycles. The van der Waals surface area contributed by atoms with Crippen molar-refractivity contribution in [3.05, 3.63) is 82.9 Å². The fourth-order valence-electron chi connectivity index (χ4n) is 3.76. The third-order valence-electron chi connectivity index (χ3n) is 5.45. The third-order valence-corrected chi connectivity index (χ3v) is 5.69. The molecule has 1 aromatic heterocycles. The number of nitrogens with one attached hydrogen (secondary N) is 1. The number of para-hydroxylation sites is 1. The minimum atomic E-state index is -0.490. The van der Waals surface area contributed by atoms with Gasteiger partial charge < -0.3 is 5.32 Å². The Morgan fingerprint density at radius 3 is 2.60 bits per heavy atom. The summed E-state index contributed by atoms with van der Waals surface area (Å²) in [6, 6.07) is 21.2. The molecular weight excluding hydrogens is 394 g/mol. The Morgan fingerprint density at radius 2 is 1.87 bits per heavy atom. The first kappa shape index (κ1) is 20.2. The minimum absolute atomic E-state index is 0.0991. The maximum Gasteiger partial charge on any atom is 0.248 e. The van der Waals surface area contributed by atoms with Crippen LogP contribution in [-0.4, -0.2) is 15.7 Å². The number of fused-ring (bicyclic) bond motifs is 1. The molecule has 0 bridgehead atoms. The molecule has 1 atom stereocenters. The largest absolute Gasteiger partial charge is 0.324 e. The van der Waals surface area contributed by atoms with Crippen LogP contribution < -0.4 is 5.32 Å². The van der Waals surface area contributed by atoms with Crippen molar-refractivity contribution < 1.29 is 4.79 Å². The second-order valence-corrected chi connectivity index (χ2v) is 7.88. The molecule has 1 amide bonds. The third kappa shape index (κ3) is 3.71. The molecular formula is C25H24ClN3O. The van der Waals surface area contributed by atoms with Gasteiger partial charge in [-0.25, -0.2) is 0 Å². The lowest BCUT2D eigenvalue weighted by Gasteiger charge is -2.17. The van der Waals surface area contributed by atoms with Gasteiger partial charge in [0.2, 0.25) is 5.91 Å². The van der Waals surface area contributed by atoms with E-state index in [4.69, 9.17) is 16.7 Å². The second-order valence-electron chi connectivity index (χ2n) is 7.45. The molecule has 0 aliphatic carbocycles. The number of benzene rings is 3. The van der Waals surface area contributed by atoms with E-state index in [1.807, 2.05) is 80.6 Å². The topological polar surface area (TPSA) is 46.9 Å². The van der Waals surface area contributed by atoms with Crippen LogP contribution in [0.25, 0.3) is 22.2 Å². The lowest BCUT2D eigenvalue weighted by Crippen LogP contribution is -2.25.